The summed E-state index contributed by atoms with van der Waals surface area (Å²) in [6, 6.07) is 0.155. The topological polar surface area (TPSA) is 85.9 Å². The Hall–Kier alpha value is -1.21. The molecule has 0 bridgehead atoms. The third-order valence-corrected chi connectivity index (χ3v) is 3.66. The zero-order valence-electron chi connectivity index (χ0n) is 10.4. The number of nitrogens with one attached hydrogen (secondary N) is 1. The second-order valence-electron chi connectivity index (χ2n) is 4.47. The summed E-state index contributed by atoms with van der Waals surface area (Å²) in [5.41, 5.74) is 6.26. The number of H-pyrrole nitrogens is 1. The number of hydrogen-bond acceptors (Lipinski definition) is 5. The van der Waals surface area contributed by atoms with Gasteiger partial charge in [-0.15, -0.1) is 5.10 Å². The highest BCUT2D eigenvalue weighted by Gasteiger charge is 2.26. The summed E-state index contributed by atoms with van der Waals surface area (Å²) in [5, 5.41) is 6.74. The smallest absolute Gasteiger partial charge is 0.362 e. The molecule has 1 aliphatic carbocycles. The SMILES string of the molecule is CCOC(=O)c1n[nH]n([C@H]2CCCC[C@H]2N)c1=S. The quantitative estimate of drug-likeness (QED) is 0.643. The Kier molecular flexibility index (Phi) is 4.13. The molecule has 6 nitrogen and oxygen atoms in total. The number of rotatable bonds is 3. The lowest BCUT2D eigenvalue weighted by molar-refractivity contribution is 0.0518. The van der Waals surface area contributed by atoms with Gasteiger partial charge >= 0.3 is 5.97 Å². The van der Waals surface area contributed by atoms with Crippen molar-refractivity contribution in [2.75, 3.05) is 6.61 Å². The van der Waals surface area contributed by atoms with E-state index in [0.29, 0.717) is 11.2 Å². The standard InChI is InChI=1S/C11H18N4O2S/c1-2-17-11(16)9-10(18)15(14-13-9)8-6-4-3-5-7(8)12/h7-8,14H,2-6,12H2,1H3/t7-,8+/m1/s1. The molecule has 1 aromatic rings. The van der Waals surface area contributed by atoms with Gasteiger partial charge in [-0.05, 0) is 19.8 Å². The Morgan fingerprint density at radius 3 is 3.00 bits per heavy atom. The van der Waals surface area contributed by atoms with Gasteiger partial charge in [-0.3, -0.25) is 4.68 Å². The molecule has 0 unspecified atom stereocenters. The number of aromatic nitrogens is 3. The summed E-state index contributed by atoms with van der Waals surface area (Å²) < 4.78 is 7.02. The lowest BCUT2D eigenvalue weighted by Crippen LogP contribution is -2.35. The fourth-order valence-corrected chi connectivity index (χ4v) is 2.63. The molecular weight excluding hydrogens is 252 g/mol. The number of aromatic amines is 1. The van der Waals surface area contributed by atoms with Crippen molar-refractivity contribution in [3.8, 4) is 0 Å². The molecule has 1 saturated carbocycles. The molecule has 1 aromatic heterocycles. The predicted octanol–water partition coefficient (Wildman–Crippen LogP) is 1.56. The van der Waals surface area contributed by atoms with Gasteiger partial charge in [0.25, 0.3) is 0 Å². The summed E-state index contributed by atoms with van der Waals surface area (Å²) in [7, 11) is 0. The molecule has 2 atom stereocenters. The number of nitrogens with zero attached hydrogens (tertiary/aromatic N) is 2. The van der Waals surface area contributed by atoms with Crippen LogP contribution in [0.25, 0.3) is 0 Å². The molecule has 0 saturated heterocycles. The van der Waals surface area contributed by atoms with Gasteiger partial charge in [0, 0.05) is 6.04 Å². The van der Waals surface area contributed by atoms with Crippen LogP contribution in [0.2, 0.25) is 0 Å². The van der Waals surface area contributed by atoms with E-state index in [1.54, 1.807) is 11.6 Å². The van der Waals surface area contributed by atoms with E-state index in [2.05, 4.69) is 10.3 Å². The van der Waals surface area contributed by atoms with E-state index >= 15 is 0 Å². The van der Waals surface area contributed by atoms with E-state index in [0.717, 1.165) is 25.7 Å². The number of carbonyl (C=O) groups excluding carboxylic acids is 1. The van der Waals surface area contributed by atoms with Crippen LogP contribution in [0, 0.1) is 4.64 Å². The molecule has 0 aromatic carbocycles. The fourth-order valence-electron chi connectivity index (χ4n) is 2.33. The van der Waals surface area contributed by atoms with Gasteiger partial charge in [-0.25, -0.2) is 10.0 Å². The maximum atomic E-state index is 11.6. The van der Waals surface area contributed by atoms with Crippen LogP contribution in [0.1, 0.15) is 49.1 Å². The van der Waals surface area contributed by atoms with Crippen LogP contribution in [0.4, 0.5) is 0 Å². The molecule has 100 valence electrons. The minimum absolute atomic E-state index is 0.0564. The highest BCUT2D eigenvalue weighted by atomic mass is 32.1. The molecule has 1 fully saturated rings. The molecule has 0 radical (unpaired) electrons. The maximum absolute atomic E-state index is 11.6. The van der Waals surface area contributed by atoms with Gasteiger partial charge in [0.05, 0.1) is 12.6 Å². The molecule has 0 aliphatic heterocycles. The summed E-state index contributed by atoms with van der Waals surface area (Å²) in [6.07, 6.45) is 4.19. The van der Waals surface area contributed by atoms with Crippen molar-refractivity contribution in [2.24, 2.45) is 5.73 Å². The Morgan fingerprint density at radius 1 is 1.61 bits per heavy atom. The van der Waals surface area contributed by atoms with Crippen molar-refractivity contribution in [3.05, 3.63) is 10.3 Å². The van der Waals surface area contributed by atoms with Gasteiger partial charge in [0.1, 0.15) is 0 Å². The van der Waals surface area contributed by atoms with E-state index in [4.69, 9.17) is 22.7 Å². The zero-order chi connectivity index (χ0) is 13.1. The molecule has 18 heavy (non-hydrogen) atoms. The van der Waals surface area contributed by atoms with Gasteiger partial charge in [0.15, 0.2) is 4.64 Å². The lowest BCUT2D eigenvalue weighted by atomic mass is 9.91. The van der Waals surface area contributed by atoms with Gasteiger partial charge in [0.2, 0.25) is 5.69 Å². The van der Waals surface area contributed by atoms with Crippen LogP contribution in [0.15, 0.2) is 0 Å². The van der Waals surface area contributed by atoms with Crippen LogP contribution in [-0.4, -0.2) is 33.6 Å². The molecule has 1 aliphatic rings. The second kappa shape index (κ2) is 5.62. The fraction of sp³-hybridized carbons (Fsp3) is 0.727. The minimum Gasteiger partial charge on any atom is -0.461 e. The van der Waals surface area contributed by atoms with Crippen molar-refractivity contribution >= 4 is 18.2 Å². The molecular formula is C11H18N4O2S. The van der Waals surface area contributed by atoms with Gasteiger partial charge in [-0.2, -0.15) is 0 Å². The van der Waals surface area contributed by atoms with Crippen LogP contribution in [0.3, 0.4) is 0 Å². The first-order chi connectivity index (χ1) is 8.65. The van der Waals surface area contributed by atoms with Crippen molar-refractivity contribution in [2.45, 2.75) is 44.7 Å². The number of nitrogens with two attached hydrogens (primary N) is 1. The predicted molar refractivity (Wildman–Crippen MR) is 68.8 cm³/mol. The van der Waals surface area contributed by atoms with Crippen LogP contribution < -0.4 is 5.73 Å². The Labute approximate surface area is 110 Å². The average molecular weight is 270 g/mol. The monoisotopic (exact) mass is 270 g/mol. The van der Waals surface area contributed by atoms with Crippen molar-refractivity contribution in [1.82, 2.24) is 15.0 Å². The first-order valence-electron chi connectivity index (χ1n) is 6.24. The highest BCUT2D eigenvalue weighted by Crippen LogP contribution is 2.27. The summed E-state index contributed by atoms with van der Waals surface area (Å²) in [6.45, 7) is 2.06. The molecule has 7 heteroatoms. The number of ether oxygens (including phenoxy) is 1. The van der Waals surface area contributed by atoms with E-state index < -0.39 is 5.97 Å². The largest absolute Gasteiger partial charge is 0.461 e. The molecule has 2 rings (SSSR count). The minimum atomic E-state index is -0.484. The third-order valence-electron chi connectivity index (χ3n) is 3.27. The normalized spacial score (nSPS) is 23.9. The number of carbonyl (C=O) groups is 1. The lowest BCUT2D eigenvalue weighted by Gasteiger charge is -2.28. The molecule has 1 heterocycles. The summed E-state index contributed by atoms with van der Waals surface area (Å²) in [4.78, 5) is 11.6. The van der Waals surface area contributed by atoms with E-state index in [9.17, 15) is 4.79 Å². The molecule has 0 amide bonds. The molecule has 0 spiro atoms. The second-order valence-corrected chi connectivity index (χ2v) is 4.86. The summed E-state index contributed by atoms with van der Waals surface area (Å²) in [5.74, 6) is -0.484. The van der Waals surface area contributed by atoms with E-state index in [1.165, 1.54) is 0 Å². The first-order valence-corrected chi connectivity index (χ1v) is 6.65. The highest BCUT2D eigenvalue weighted by molar-refractivity contribution is 7.71. The van der Waals surface area contributed by atoms with E-state index in [-0.39, 0.29) is 17.8 Å². The van der Waals surface area contributed by atoms with Crippen LogP contribution in [-0.2, 0) is 4.74 Å². The van der Waals surface area contributed by atoms with Crippen molar-refractivity contribution in [1.29, 1.82) is 0 Å². The number of esters is 1. The first kappa shape index (κ1) is 13.2. The van der Waals surface area contributed by atoms with Crippen molar-refractivity contribution in [3.63, 3.8) is 0 Å². The van der Waals surface area contributed by atoms with Crippen molar-refractivity contribution < 1.29 is 9.53 Å². The van der Waals surface area contributed by atoms with Crippen LogP contribution >= 0.6 is 12.2 Å². The number of hydrogen-bond donors (Lipinski definition) is 2. The average Bonchev–Trinajstić information content (AvgIpc) is 2.72. The van der Waals surface area contributed by atoms with Crippen LogP contribution in [0.5, 0.6) is 0 Å². The Balaban J connectivity index is 2.25. The summed E-state index contributed by atoms with van der Waals surface area (Å²) >= 11 is 5.26. The maximum Gasteiger partial charge on any atom is 0.362 e. The van der Waals surface area contributed by atoms with Gasteiger partial charge in [-0.1, -0.05) is 25.1 Å². The molecule has 3 N–H and O–H groups in total. The van der Waals surface area contributed by atoms with E-state index in [1.807, 2.05) is 0 Å². The van der Waals surface area contributed by atoms with Gasteiger partial charge < -0.3 is 10.5 Å². The Morgan fingerprint density at radius 2 is 2.33 bits per heavy atom. The Bertz CT molecular complexity index is 482. The zero-order valence-corrected chi connectivity index (χ0v) is 11.2. The third kappa shape index (κ3) is 2.46.